The first kappa shape index (κ1) is 20.7. The maximum absolute atomic E-state index is 12.7. The number of carbonyl (C=O) groups is 1. The summed E-state index contributed by atoms with van der Waals surface area (Å²) in [5.74, 6) is 0.663. The highest BCUT2D eigenvalue weighted by Crippen LogP contribution is 2.31. The van der Waals surface area contributed by atoms with E-state index in [1.165, 1.54) is 24.8 Å². The van der Waals surface area contributed by atoms with E-state index in [9.17, 15) is 4.79 Å². The number of aromatic nitrogens is 1. The lowest BCUT2D eigenvalue weighted by Gasteiger charge is -2.35. The minimum absolute atomic E-state index is 0.0324. The van der Waals surface area contributed by atoms with Gasteiger partial charge in [-0.1, -0.05) is 26.3 Å². The Balaban J connectivity index is 2.22. The number of piperidine rings is 1. The molecule has 0 saturated carbocycles. The van der Waals surface area contributed by atoms with Gasteiger partial charge in [-0.25, -0.2) is 9.78 Å². The zero-order chi connectivity index (χ0) is 19.3. The molecular weight excluding hydrogens is 326 g/mol. The number of ether oxygens (including phenoxy) is 1. The monoisotopic (exact) mass is 361 g/mol. The third kappa shape index (κ3) is 5.19. The van der Waals surface area contributed by atoms with Crippen LogP contribution < -0.4 is 4.90 Å². The molecule has 0 aromatic carbocycles. The van der Waals surface area contributed by atoms with Gasteiger partial charge in [0.1, 0.15) is 11.4 Å². The Morgan fingerprint density at radius 3 is 2.62 bits per heavy atom. The van der Waals surface area contributed by atoms with Crippen molar-refractivity contribution in [2.75, 3.05) is 18.0 Å². The minimum atomic E-state index is -0.521. The first-order valence-electron chi connectivity index (χ1n) is 9.99. The second-order valence-electron chi connectivity index (χ2n) is 8.20. The number of rotatable bonds is 5. The lowest BCUT2D eigenvalue weighted by Crippen LogP contribution is -2.42. The topological polar surface area (TPSA) is 45.7 Å². The summed E-state index contributed by atoms with van der Waals surface area (Å²) in [6.45, 7) is 14.2. The molecule has 26 heavy (non-hydrogen) atoms. The number of anilines is 1. The molecule has 1 aliphatic heterocycles. The van der Waals surface area contributed by atoms with Crippen LogP contribution >= 0.6 is 0 Å². The Labute approximate surface area is 158 Å². The Hall–Kier alpha value is -1.62. The Morgan fingerprint density at radius 1 is 1.35 bits per heavy atom. The molecule has 2 rings (SSSR count). The molecule has 0 N–H and O–H groups in total. The van der Waals surface area contributed by atoms with Crippen molar-refractivity contribution in [3.63, 3.8) is 0 Å². The van der Waals surface area contributed by atoms with E-state index >= 15 is 0 Å². The maximum Gasteiger partial charge on any atom is 0.416 e. The SMILES string of the molecule is CC[C@@H](C)N(C(=O)OC(C)(C)C)c1ccc([C@H]2CCCCN2CC)cn1. The Bertz CT molecular complexity index is 580. The van der Waals surface area contributed by atoms with Gasteiger partial charge >= 0.3 is 6.09 Å². The third-order valence-corrected chi connectivity index (χ3v) is 5.04. The van der Waals surface area contributed by atoms with Gasteiger partial charge in [-0.2, -0.15) is 0 Å². The molecule has 2 heterocycles. The van der Waals surface area contributed by atoms with E-state index in [1.807, 2.05) is 40.0 Å². The van der Waals surface area contributed by atoms with Crippen molar-refractivity contribution in [2.45, 2.75) is 84.9 Å². The Kier molecular flexibility index (Phi) is 7.04. The van der Waals surface area contributed by atoms with Crippen LogP contribution in [0.3, 0.4) is 0 Å². The quantitative estimate of drug-likeness (QED) is 0.726. The molecule has 1 saturated heterocycles. The van der Waals surface area contributed by atoms with E-state index in [4.69, 9.17) is 4.74 Å². The van der Waals surface area contributed by atoms with Crippen LogP contribution in [-0.2, 0) is 4.74 Å². The van der Waals surface area contributed by atoms with Crippen LogP contribution in [0.25, 0.3) is 0 Å². The van der Waals surface area contributed by atoms with Crippen LogP contribution in [0, 0.1) is 0 Å². The summed E-state index contributed by atoms with van der Waals surface area (Å²) in [5, 5.41) is 0. The summed E-state index contributed by atoms with van der Waals surface area (Å²) in [6, 6.07) is 4.56. The first-order chi connectivity index (χ1) is 12.3. The maximum atomic E-state index is 12.7. The average Bonchev–Trinajstić information content (AvgIpc) is 2.60. The number of hydrogen-bond acceptors (Lipinski definition) is 4. The molecule has 1 aromatic rings. The van der Waals surface area contributed by atoms with Gasteiger partial charge in [-0.3, -0.25) is 9.80 Å². The van der Waals surface area contributed by atoms with Gasteiger partial charge in [-0.15, -0.1) is 0 Å². The molecule has 1 amide bonds. The fourth-order valence-corrected chi connectivity index (χ4v) is 3.48. The molecular formula is C21H35N3O2. The van der Waals surface area contributed by atoms with Gasteiger partial charge in [0.15, 0.2) is 0 Å². The van der Waals surface area contributed by atoms with Crippen LogP contribution in [0.15, 0.2) is 18.3 Å². The molecule has 1 fully saturated rings. The second kappa shape index (κ2) is 8.85. The van der Waals surface area contributed by atoms with Gasteiger partial charge in [-0.05, 0) is 71.7 Å². The van der Waals surface area contributed by atoms with Crippen LogP contribution in [-0.4, -0.2) is 40.7 Å². The molecule has 1 aromatic heterocycles. The molecule has 0 bridgehead atoms. The predicted molar refractivity (Wildman–Crippen MR) is 107 cm³/mol. The highest BCUT2D eigenvalue weighted by atomic mass is 16.6. The predicted octanol–water partition coefficient (Wildman–Crippen LogP) is 5.17. The number of likely N-dealkylation sites (tertiary alicyclic amines) is 1. The number of hydrogen-bond donors (Lipinski definition) is 0. The van der Waals surface area contributed by atoms with Crippen molar-refractivity contribution in [1.29, 1.82) is 0 Å². The van der Waals surface area contributed by atoms with E-state index in [0.717, 1.165) is 19.5 Å². The zero-order valence-electron chi connectivity index (χ0n) is 17.3. The molecule has 1 aliphatic rings. The van der Waals surface area contributed by atoms with E-state index < -0.39 is 5.60 Å². The summed E-state index contributed by atoms with van der Waals surface area (Å²) >= 11 is 0. The third-order valence-electron chi connectivity index (χ3n) is 5.04. The lowest BCUT2D eigenvalue weighted by molar-refractivity contribution is 0.0566. The van der Waals surface area contributed by atoms with Gasteiger partial charge in [0, 0.05) is 18.3 Å². The van der Waals surface area contributed by atoms with Crippen LogP contribution in [0.1, 0.15) is 78.8 Å². The van der Waals surface area contributed by atoms with E-state index in [-0.39, 0.29) is 12.1 Å². The number of amides is 1. The number of nitrogens with zero attached hydrogens (tertiary/aromatic N) is 3. The number of pyridine rings is 1. The zero-order valence-corrected chi connectivity index (χ0v) is 17.3. The summed E-state index contributed by atoms with van der Waals surface area (Å²) in [6.07, 6.45) is 6.16. The highest BCUT2D eigenvalue weighted by Gasteiger charge is 2.28. The van der Waals surface area contributed by atoms with Gasteiger partial charge < -0.3 is 4.74 Å². The normalized spacial score (nSPS) is 19.8. The highest BCUT2D eigenvalue weighted by molar-refractivity contribution is 5.87. The van der Waals surface area contributed by atoms with E-state index in [2.05, 4.69) is 29.8 Å². The van der Waals surface area contributed by atoms with Gasteiger partial charge in [0.2, 0.25) is 0 Å². The van der Waals surface area contributed by atoms with Crippen molar-refractivity contribution >= 4 is 11.9 Å². The molecule has 0 spiro atoms. The minimum Gasteiger partial charge on any atom is -0.443 e. The largest absolute Gasteiger partial charge is 0.443 e. The van der Waals surface area contributed by atoms with Crippen molar-refractivity contribution < 1.29 is 9.53 Å². The molecule has 0 unspecified atom stereocenters. The van der Waals surface area contributed by atoms with E-state index in [0.29, 0.717) is 11.9 Å². The molecule has 146 valence electrons. The van der Waals surface area contributed by atoms with Gasteiger partial charge in [0.05, 0.1) is 0 Å². The molecule has 5 nitrogen and oxygen atoms in total. The fraction of sp³-hybridized carbons (Fsp3) is 0.714. The number of carbonyl (C=O) groups excluding carboxylic acids is 1. The standard InChI is InChI=1S/C21H35N3O2/c1-7-16(3)24(20(25)26-21(4,5)6)19-13-12-17(15-22-19)18-11-9-10-14-23(18)8-2/h12-13,15-16,18H,7-11,14H2,1-6H3/t16-,18-/m1/s1. The van der Waals surface area contributed by atoms with Crippen LogP contribution in [0.4, 0.5) is 10.6 Å². The second-order valence-corrected chi connectivity index (χ2v) is 8.20. The Morgan fingerprint density at radius 2 is 2.08 bits per heavy atom. The molecule has 2 atom stereocenters. The van der Waals surface area contributed by atoms with Crippen molar-refractivity contribution in [3.05, 3.63) is 23.9 Å². The molecule has 5 heteroatoms. The van der Waals surface area contributed by atoms with Gasteiger partial charge in [0.25, 0.3) is 0 Å². The summed E-state index contributed by atoms with van der Waals surface area (Å²) < 4.78 is 5.60. The molecule has 0 aliphatic carbocycles. The van der Waals surface area contributed by atoms with Crippen LogP contribution in [0.5, 0.6) is 0 Å². The first-order valence-corrected chi connectivity index (χ1v) is 9.99. The fourth-order valence-electron chi connectivity index (χ4n) is 3.48. The molecule has 0 radical (unpaired) electrons. The van der Waals surface area contributed by atoms with Crippen molar-refractivity contribution in [1.82, 2.24) is 9.88 Å². The lowest BCUT2D eigenvalue weighted by atomic mass is 9.96. The average molecular weight is 362 g/mol. The van der Waals surface area contributed by atoms with Crippen LogP contribution in [0.2, 0.25) is 0 Å². The summed E-state index contributed by atoms with van der Waals surface area (Å²) in [5.41, 5.74) is 0.718. The van der Waals surface area contributed by atoms with Crippen molar-refractivity contribution in [3.8, 4) is 0 Å². The van der Waals surface area contributed by atoms with Crippen molar-refractivity contribution in [2.24, 2.45) is 0 Å². The summed E-state index contributed by atoms with van der Waals surface area (Å²) in [4.78, 5) is 21.5. The summed E-state index contributed by atoms with van der Waals surface area (Å²) in [7, 11) is 0. The van der Waals surface area contributed by atoms with E-state index in [1.54, 1.807) is 4.90 Å². The smallest absolute Gasteiger partial charge is 0.416 e.